The Labute approximate surface area is 147 Å². The van der Waals surface area contributed by atoms with Crippen LogP contribution in [0.3, 0.4) is 0 Å². The Bertz CT molecular complexity index is 781. The average Bonchev–Trinajstić information content (AvgIpc) is 3.07. The second-order valence-corrected chi connectivity index (χ2v) is 7.97. The molecule has 0 radical (unpaired) electrons. The lowest BCUT2D eigenvalue weighted by Gasteiger charge is -2.17. The third kappa shape index (κ3) is 4.90. The topological polar surface area (TPSA) is 81.6 Å². The first kappa shape index (κ1) is 17.6. The summed E-state index contributed by atoms with van der Waals surface area (Å²) in [5, 5.41) is 7.89. The molecule has 0 spiro atoms. The highest BCUT2D eigenvalue weighted by Crippen LogP contribution is 2.19. The first-order valence-corrected chi connectivity index (χ1v) is 9.76. The second kappa shape index (κ2) is 7.79. The summed E-state index contributed by atoms with van der Waals surface area (Å²) in [5.74, 6) is 1.03. The van der Waals surface area contributed by atoms with Crippen LogP contribution in [0.4, 0.5) is 0 Å². The first-order valence-electron chi connectivity index (χ1n) is 8.15. The highest BCUT2D eigenvalue weighted by molar-refractivity contribution is 7.89. The highest BCUT2D eigenvalue weighted by atomic mass is 32.2. The molecule has 1 aliphatic heterocycles. The molecular formula is C17H21N3O4S. The number of rotatable bonds is 7. The number of aryl methyl sites for hydroxylation is 1. The van der Waals surface area contributed by atoms with Crippen molar-refractivity contribution >= 4 is 10.0 Å². The van der Waals surface area contributed by atoms with E-state index >= 15 is 0 Å². The van der Waals surface area contributed by atoms with Gasteiger partial charge in [0.05, 0.1) is 18.0 Å². The van der Waals surface area contributed by atoms with Crippen LogP contribution in [-0.2, 0) is 10.0 Å². The molecule has 0 aliphatic carbocycles. The predicted molar refractivity (Wildman–Crippen MR) is 93.1 cm³/mol. The molecule has 1 fully saturated rings. The number of aromatic nitrogens is 2. The Balaban J connectivity index is 1.49. The molecule has 0 bridgehead atoms. The molecule has 25 heavy (non-hydrogen) atoms. The molecule has 2 aromatic rings. The van der Waals surface area contributed by atoms with Gasteiger partial charge in [-0.05, 0) is 31.5 Å². The number of benzene rings is 1. The van der Waals surface area contributed by atoms with Gasteiger partial charge in [0.25, 0.3) is 0 Å². The summed E-state index contributed by atoms with van der Waals surface area (Å²) in [4.78, 5) is 0. The van der Waals surface area contributed by atoms with Gasteiger partial charge in [0, 0.05) is 12.6 Å². The first-order chi connectivity index (χ1) is 12.0. The van der Waals surface area contributed by atoms with Gasteiger partial charge in [-0.3, -0.25) is 0 Å². The molecule has 1 aliphatic rings. The number of hydrogen-bond donors (Lipinski definition) is 0. The maximum atomic E-state index is 12.4. The molecule has 8 heteroatoms. The molecule has 1 aromatic heterocycles. The summed E-state index contributed by atoms with van der Waals surface area (Å²) in [5.41, 5.74) is 0.807. The van der Waals surface area contributed by atoms with E-state index < -0.39 is 10.0 Å². The van der Waals surface area contributed by atoms with Gasteiger partial charge >= 0.3 is 0 Å². The van der Waals surface area contributed by atoms with Crippen LogP contribution in [-0.4, -0.2) is 54.5 Å². The Morgan fingerprint density at radius 1 is 1.16 bits per heavy atom. The van der Waals surface area contributed by atoms with Crippen molar-refractivity contribution in [2.75, 3.05) is 25.4 Å². The van der Waals surface area contributed by atoms with Crippen LogP contribution < -0.4 is 9.47 Å². The number of hydrogen-bond acceptors (Lipinski definition) is 6. The molecule has 3 rings (SSSR count). The van der Waals surface area contributed by atoms with E-state index in [0.29, 0.717) is 31.1 Å². The van der Waals surface area contributed by atoms with E-state index in [1.54, 1.807) is 18.2 Å². The summed E-state index contributed by atoms with van der Waals surface area (Å²) in [6, 6.07) is 12.7. The average molecular weight is 363 g/mol. The molecule has 1 aromatic carbocycles. The zero-order valence-electron chi connectivity index (χ0n) is 14.0. The molecule has 1 atom stereocenters. The third-order valence-electron chi connectivity index (χ3n) is 3.92. The monoisotopic (exact) mass is 363 g/mol. The molecule has 7 nitrogen and oxygen atoms in total. The van der Waals surface area contributed by atoms with Crippen LogP contribution in [0.2, 0.25) is 0 Å². The molecular weight excluding hydrogens is 342 g/mol. The Hall–Kier alpha value is -2.19. The van der Waals surface area contributed by atoms with Crippen molar-refractivity contribution in [3.63, 3.8) is 0 Å². The summed E-state index contributed by atoms with van der Waals surface area (Å²) in [6.45, 7) is 2.73. The molecule has 134 valence electrons. The highest BCUT2D eigenvalue weighted by Gasteiger charge is 2.32. The fraction of sp³-hybridized carbons (Fsp3) is 0.412. The van der Waals surface area contributed by atoms with Gasteiger partial charge in [-0.1, -0.05) is 18.2 Å². The van der Waals surface area contributed by atoms with Crippen LogP contribution in [0.25, 0.3) is 0 Å². The smallest absolute Gasteiger partial charge is 0.233 e. The van der Waals surface area contributed by atoms with E-state index in [9.17, 15) is 8.42 Å². The van der Waals surface area contributed by atoms with Crippen molar-refractivity contribution in [3.8, 4) is 11.6 Å². The maximum Gasteiger partial charge on any atom is 0.233 e. The summed E-state index contributed by atoms with van der Waals surface area (Å²) < 4.78 is 37.5. The van der Waals surface area contributed by atoms with Crippen molar-refractivity contribution in [2.45, 2.75) is 19.4 Å². The maximum absolute atomic E-state index is 12.4. The van der Waals surface area contributed by atoms with Crippen molar-refractivity contribution in [1.29, 1.82) is 0 Å². The summed E-state index contributed by atoms with van der Waals surface area (Å²) in [6.07, 6.45) is 0.427. The quantitative estimate of drug-likeness (QED) is 0.744. The number of ether oxygens (including phenoxy) is 2. The van der Waals surface area contributed by atoms with Crippen molar-refractivity contribution in [3.05, 3.63) is 48.2 Å². The number of nitrogens with zero attached hydrogens (tertiary/aromatic N) is 3. The van der Waals surface area contributed by atoms with E-state index in [-0.39, 0.29) is 18.5 Å². The van der Waals surface area contributed by atoms with Crippen LogP contribution in [0.1, 0.15) is 12.1 Å². The fourth-order valence-electron chi connectivity index (χ4n) is 2.58. The van der Waals surface area contributed by atoms with Gasteiger partial charge in [0.2, 0.25) is 15.9 Å². The van der Waals surface area contributed by atoms with Gasteiger partial charge in [-0.15, -0.1) is 5.10 Å². The largest absolute Gasteiger partial charge is 0.492 e. The predicted octanol–water partition coefficient (Wildman–Crippen LogP) is 1.65. The zero-order chi connectivity index (χ0) is 17.7. The molecule has 0 saturated carbocycles. The minimum absolute atomic E-state index is 0.0566. The van der Waals surface area contributed by atoms with Gasteiger partial charge in [0.15, 0.2) is 0 Å². The Morgan fingerprint density at radius 2 is 1.96 bits per heavy atom. The van der Waals surface area contributed by atoms with Crippen LogP contribution >= 0.6 is 0 Å². The second-order valence-electron chi connectivity index (χ2n) is 5.88. The SMILES string of the molecule is Cc1ccc(O[C@H]2CCN(S(=O)(=O)CCOc3ccccc3)C2)nn1. The van der Waals surface area contributed by atoms with Gasteiger partial charge in [-0.25, -0.2) is 8.42 Å². The van der Waals surface area contributed by atoms with Crippen molar-refractivity contribution < 1.29 is 17.9 Å². The van der Waals surface area contributed by atoms with Gasteiger partial charge in [0.1, 0.15) is 18.5 Å². The molecule has 1 saturated heterocycles. The van der Waals surface area contributed by atoms with Gasteiger partial charge < -0.3 is 9.47 Å². The molecule has 0 amide bonds. The van der Waals surface area contributed by atoms with Crippen molar-refractivity contribution in [1.82, 2.24) is 14.5 Å². The molecule has 2 heterocycles. The lowest BCUT2D eigenvalue weighted by molar-refractivity contribution is 0.204. The summed E-state index contributed by atoms with van der Waals surface area (Å²) in [7, 11) is -3.37. The number of para-hydroxylation sites is 1. The molecule has 0 unspecified atom stereocenters. The third-order valence-corrected chi connectivity index (χ3v) is 5.72. The number of sulfonamides is 1. The minimum atomic E-state index is -3.37. The standard InChI is InChI=1S/C17H21N3O4S/c1-14-7-8-17(19-18-14)24-16-9-10-20(13-16)25(21,22)12-11-23-15-5-3-2-4-6-15/h2-8,16H,9-13H2,1H3/t16-/m0/s1. The Kier molecular flexibility index (Phi) is 5.50. The lowest BCUT2D eigenvalue weighted by Crippen LogP contribution is -2.34. The minimum Gasteiger partial charge on any atom is -0.492 e. The van der Waals surface area contributed by atoms with Crippen LogP contribution in [0, 0.1) is 6.92 Å². The molecule has 0 N–H and O–H groups in total. The van der Waals surface area contributed by atoms with Crippen LogP contribution in [0.15, 0.2) is 42.5 Å². The zero-order valence-corrected chi connectivity index (χ0v) is 14.9. The van der Waals surface area contributed by atoms with E-state index in [2.05, 4.69) is 10.2 Å². The van der Waals surface area contributed by atoms with Crippen LogP contribution in [0.5, 0.6) is 11.6 Å². The van der Waals surface area contributed by atoms with E-state index in [0.717, 1.165) is 5.69 Å². The van der Waals surface area contributed by atoms with E-state index in [4.69, 9.17) is 9.47 Å². The normalized spacial score (nSPS) is 18.2. The summed E-state index contributed by atoms with van der Waals surface area (Å²) >= 11 is 0. The lowest BCUT2D eigenvalue weighted by atomic mass is 10.3. The van der Waals surface area contributed by atoms with E-state index in [1.165, 1.54) is 4.31 Å². The van der Waals surface area contributed by atoms with E-state index in [1.807, 2.05) is 31.2 Å². The Morgan fingerprint density at radius 3 is 2.68 bits per heavy atom. The fourth-order valence-corrected chi connectivity index (χ4v) is 3.91. The van der Waals surface area contributed by atoms with Gasteiger partial charge in [-0.2, -0.15) is 9.40 Å². The van der Waals surface area contributed by atoms with Crippen molar-refractivity contribution in [2.24, 2.45) is 0 Å².